The van der Waals surface area contributed by atoms with Crippen molar-refractivity contribution < 1.29 is 9.90 Å². The second-order valence-corrected chi connectivity index (χ2v) is 5.64. The van der Waals surface area contributed by atoms with Crippen molar-refractivity contribution in [3.8, 4) is 0 Å². The molecule has 3 heteroatoms. The van der Waals surface area contributed by atoms with Crippen LogP contribution >= 0.6 is 0 Å². The Balaban J connectivity index is 2.14. The minimum absolute atomic E-state index is 0.134. The largest absolute Gasteiger partial charge is 0.465 e. The molecule has 92 valence electrons. The Morgan fingerprint density at radius 3 is 2.35 bits per heavy atom. The first kappa shape index (κ1) is 12.0. The van der Waals surface area contributed by atoms with Crippen LogP contribution in [0.15, 0.2) is 30.3 Å². The molecule has 1 aromatic carbocycles. The highest BCUT2D eigenvalue weighted by molar-refractivity contribution is 5.67. The number of hydrogen-bond donors (Lipinski definition) is 1. The van der Waals surface area contributed by atoms with E-state index in [2.05, 4.69) is 12.1 Å². The van der Waals surface area contributed by atoms with E-state index in [-0.39, 0.29) is 11.6 Å². The van der Waals surface area contributed by atoms with Gasteiger partial charge in [0, 0.05) is 17.5 Å². The molecule has 1 aliphatic carbocycles. The Morgan fingerprint density at radius 2 is 1.88 bits per heavy atom. The standard InChI is InChI=1S/C14H19NO2/c1-14(2,3)15(13(16)17)12-9-11(12)10-7-5-4-6-8-10/h4-8,11-12H,9H2,1-3H3,(H,16,17)/t11-,12+/m0/s1. The zero-order chi connectivity index (χ0) is 12.6. The Morgan fingerprint density at radius 1 is 1.29 bits per heavy atom. The van der Waals surface area contributed by atoms with Crippen LogP contribution in [0.2, 0.25) is 0 Å². The van der Waals surface area contributed by atoms with Crippen LogP contribution in [0.4, 0.5) is 4.79 Å². The Labute approximate surface area is 102 Å². The van der Waals surface area contributed by atoms with E-state index in [0.29, 0.717) is 5.92 Å². The molecule has 0 bridgehead atoms. The third-order valence-corrected chi connectivity index (χ3v) is 3.24. The third-order valence-electron chi connectivity index (χ3n) is 3.24. The fourth-order valence-electron chi connectivity index (χ4n) is 2.45. The second kappa shape index (κ2) is 4.06. The topological polar surface area (TPSA) is 40.5 Å². The highest BCUT2D eigenvalue weighted by atomic mass is 16.4. The molecule has 0 unspecified atom stereocenters. The zero-order valence-electron chi connectivity index (χ0n) is 10.6. The van der Waals surface area contributed by atoms with Crippen molar-refractivity contribution in [2.45, 2.75) is 44.7 Å². The fraction of sp³-hybridized carbons (Fsp3) is 0.500. The highest BCUT2D eigenvalue weighted by Crippen LogP contribution is 2.46. The van der Waals surface area contributed by atoms with Gasteiger partial charge in [0.15, 0.2) is 0 Å². The molecule has 2 rings (SSSR count). The molecule has 2 atom stereocenters. The molecule has 1 N–H and O–H groups in total. The fourth-order valence-corrected chi connectivity index (χ4v) is 2.45. The number of hydrogen-bond acceptors (Lipinski definition) is 1. The average molecular weight is 233 g/mol. The predicted octanol–water partition coefficient (Wildman–Crippen LogP) is 3.32. The number of carbonyl (C=O) groups is 1. The van der Waals surface area contributed by atoms with Crippen molar-refractivity contribution in [3.05, 3.63) is 35.9 Å². The smallest absolute Gasteiger partial charge is 0.408 e. The SMILES string of the molecule is CC(C)(C)N(C(=O)O)[C@@H]1C[C@H]1c1ccccc1. The molecule has 3 nitrogen and oxygen atoms in total. The lowest BCUT2D eigenvalue weighted by atomic mass is 10.1. The van der Waals surface area contributed by atoms with Crippen molar-refractivity contribution in [2.75, 3.05) is 0 Å². The number of nitrogens with zero attached hydrogens (tertiary/aromatic N) is 1. The lowest BCUT2D eigenvalue weighted by molar-refractivity contribution is 0.0940. The first-order valence-electron chi connectivity index (χ1n) is 5.98. The van der Waals surface area contributed by atoms with E-state index in [0.717, 1.165) is 6.42 Å². The number of rotatable bonds is 2. The van der Waals surface area contributed by atoms with Gasteiger partial charge in [-0.25, -0.2) is 4.79 Å². The van der Waals surface area contributed by atoms with E-state index < -0.39 is 6.09 Å². The maximum atomic E-state index is 11.3. The molecule has 0 radical (unpaired) electrons. The van der Waals surface area contributed by atoms with Crippen molar-refractivity contribution >= 4 is 6.09 Å². The second-order valence-electron chi connectivity index (χ2n) is 5.64. The number of carboxylic acid groups (broad SMARTS) is 1. The van der Waals surface area contributed by atoms with Gasteiger partial charge in [0.25, 0.3) is 0 Å². The van der Waals surface area contributed by atoms with Crippen molar-refractivity contribution in [1.29, 1.82) is 0 Å². The maximum Gasteiger partial charge on any atom is 0.408 e. The molecule has 0 aromatic heterocycles. The van der Waals surface area contributed by atoms with E-state index >= 15 is 0 Å². The Hall–Kier alpha value is -1.51. The van der Waals surface area contributed by atoms with Crippen LogP contribution in [0, 0.1) is 0 Å². The Kier molecular flexibility index (Phi) is 2.86. The number of amides is 1. The predicted molar refractivity (Wildman–Crippen MR) is 67.2 cm³/mol. The molecule has 1 fully saturated rings. The summed E-state index contributed by atoms with van der Waals surface area (Å²) in [6.45, 7) is 5.84. The van der Waals surface area contributed by atoms with Crippen LogP contribution in [-0.4, -0.2) is 27.7 Å². The van der Waals surface area contributed by atoms with Crippen LogP contribution in [0.3, 0.4) is 0 Å². The van der Waals surface area contributed by atoms with Crippen molar-refractivity contribution in [1.82, 2.24) is 4.90 Å². The summed E-state index contributed by atoms with van der Waals surface area (Å²) in [7, 11) is 0. The monoisotopic (exact) mass is 233 g/mol. The molecule has 1 aliphatic rings. The first-order valence-corrected chi connectivity index (χ1v) is 5.98. The van der Waals surface area contributed by atoms with Gasteiger partial charge in [-0.05, 0) is 32.8 Å². The van der Waals surface area contributed by atoms with E-state index in [4.69, 9.17) is 0 Å². The van der Waals surface area contributed by atoms with Gasteiger partial charge in [-0.3, -0.25) is 4.90 Å². The quantitative estimate of drug-likeness (QED) is 0.851. The lowest BCUT2D eigenvalue weighted by Crippen LogP contribution is -2.46. The van der Waals surface area contributed by atoms with Crippen molar-refractivity contribution in [3.63, 3.8) is 0 Å². The first-order chi connectivity index (χ1) is 7.91. The molecule has 0 aliphatic heterocycles. The Bertz CT molecular complexity index is 408. The summed E-state index contributed by atoms with van der Waals surface area (Å²) in [5.41, 5.74) is 0.910. The summed E-state index contributed by atoms with van der Waals surface area (Å²) >= 11 is 0. The maximum absolute atomic E-state index is 11.3. The van der Waals surface area contributed by atoms with Gasteiger partial charge >= 0.3 is 6.09 Å². The molecule has 17 heavy (non-hydrogen) atoms. The summed E-state index contributed by atoms with van der Waals surface area (Å²) in [4.78, 5) is 12.9. The van der Waals surface area contributed by atoms with Crippen LogP contribution in [0.5, 0.6) is 0 Å². The normalized spacial score (nSPS) is 23.2. The summed E-state index contributed by atoms with van der Waals surface area (Å²) in [5, 5.41) is 9.31. The van der Waals surface area contributed by atoms with Crippen LogP contribution in [0.1, 0.15) is 38.7 Å². The minimum atomic E-state index is -0.819. The van der Waals surface area contributed by atoms with E-state index in [9.17, 15) is 9.90 Å². The van der Waals surface area contributed by atoms with E-state index in [1.807, 2.05) is 39.0 Å². The summed E-state index contributed by atoms with van der Waals surface area (Å²) in [6, 6.07) is 10.3. The lowest BCUT2D eigenvalue weighted by Gasteiger charge is -2.33. The van der Waals surface area contributed by atoms with Gasteiger partial charge in [0.1, 0.15) is 0 Å². The molecular formula is C14H19NO2. The molecule has 0 heterocycles. The molecule has 1 amide bonds. The van der Waals surface area contributed by atoms with E-state index in [1.165, 1.54) is 5.56 Å². The van der Waals surface area contributed by atoms with Gasteiger partial charge in [-0.1, -0.05) is 30.3 Å². The van der Waals surface area contributed by atoms with Gasteiger partial charge in [-0.15, -0.1) is 0 Å². The minimum Gasteiger partial charge on any atom is -0.465 e. The van der Waals surface area contributed by atoms with Gasteiger partial charge in [0.2, 0.25) is 0 Å². The molecule has 0 spiro atoms. The van der Waals surface area contributed by atoms with Crippen LogP contribution in [0.25, 0.3) is 0 Å². The molecular weight excluding hydrogens is 214 g/mol. The molecule has 1 saturated carbocycles. The molecule has 1 aromatic rings. The van der Waals surface area contributed by atoms with Gasteiger partial charge < -0.3 is 5.11 Å². The van der Waals surface area contributed by atoms with Crippen molar-refractivity contribution in [2.24, 2.45) is 0 Å². The number of benzene rings is 1. The summed E-state index contributed by atoms with van der Waals surface area (Å²) < 4.78 is 0. The summed E-state index contributed by atoms with van der Waals surface area (Å²) in [5.74, 6) is 0.367. The van der Waals surface area contributed by atoms with E-state index in [1.54, 1.807) is 4.90 Å². The average Bonchev–Trinajstić information content (AvgIpc) is 2.96. The van der Waals surface area contributed by atoms with Crippen LogP contribution in [-0.2, 0) is 0 Å². The van der Waals surface area contributed by atoms with Gasteiger partial charge in [-0.2, -0.15) is 0 Å². The zero-order valence-corrected chi connectivity index (χ0v) is 10.6. The highest BCUT2D eigenvalue weighted by Gasteiger charge is 2.48. The third kappa shape index (κ3) is 2.43. The molecule has 0 saturated heterocycles. The summed E-state index contributed by atoms with van der Waals surface area (Å²) in [6.07, 6.45) is 0.119. The van der Waals surface area contributed by atoms with Gasteiger partial charge in [0.05, 0.1) is 0 Å². The van der Waals surface area contributed by atoms with Crippen LogP contribution < -0.4 is 0 Å².